The Morgan fingerprint density at radius 1 is 1.44 bits per heavy atom. The highest BCUT2D eigenvalue weighted by Gasteiger charge is 2.36. The van der Waals surface area contributed by atoms with Crippen molar-refractivity contribution in [1.29, 1.82) is 0 Å². The molecule has 0 amide bonds. The molecule has 0 bridgehead atoms. The van der Waals surface area contributed by atoms with Crippen LogP contribution >= 0.6 is 11.3 Å². The van der Waals surface area contributed by atoms with Gasteiger partial charge in [0.2, 0.25) is 0 Å². The Labute approximate surface area is 149 Å². The van der Waals surface area contributed by atoms with Gasteiger partial charge in [0.25, 0.3) is 0 Å². The maximum absolute atomic E-state index is 13.1. The summed E-state index contributed by atoms with van der Waals surface area (Å²) in [5.41, 5.74) is -0.207. The molecule has 0 saturated carbocycles. The van der Waals surface area contributed by atoms with E-state index in [-0.39, 0.29) is 5.70 Å². The maximum Gasteiger partial charge on any atom is 0.433 e. The minimum absolute atomic E-state index is 0.243. The number of aromatic nitrogens is 2. The van der Waals surface area contributed by atoms with Gasteiger partial charge in [-0.3, -0.25) is 0 Å². The Kier molecular flexibility index (Phi) is 5.34. The Morgan fingerprint density at radius 2 is 2.24 bits per heavy atom. The molecule has 2 aromatic heterocycles. The molecule has 0 aliphatic carbocycles. The fourth-order valence-electron chi connectivity index (χ4n) is 3.02. The number of alkyl halides is 3. The van der Waals surface area contributed by atoms with E-state index in [0.29, 0.717) is 11.8 Å². The third kappa shape index (κ3) is 4.33. The molecule has 1 fully saturated rings. The largest absolute Gasteiger partial charge is 0.433 e. The highest BCUT2D eigenvalue weighted by atomic mass is 32.1. The number of halogens is 3. The summed E-state index contributed by atoms with van der Waals surface area (Å²) in [6.07, 6.45) is 1.17. The first-order valence-electron chi connectivity index (χ1n) is 8.38. The van der Waals surface area contributed by atoms with Crippen LogP contribution in [0.5, 0.6) is 0 Å². The first kappa shape index (κ1) is 18.2. The molecule has 1 saturated heterocycles. The highest BCUT2D eigenvalue weighted by Crippen LogP contribution is 2.36. The van der Waals surface area contributed by atoms with E-state index in [1.165, 1.54) is 18.3 Å². The van der Waals surface area contributed by atoms with Crippen molar-refractivity contribution < 1.29 is 17.9 Å². The number of rotatable bonds is 6. The van der Waals surface area contributed by atoms with E-state index < -0.39 is 11.9 Å². The molecular formula is C18H21F3N2OS. The summed E-state index contributed by atoms with van der Waals surface area (Å²) >= 11 is 1.50. The van der Waals surface area contributed by atoms with Crippen molar-refractivity contribution in [3.05, 3.63) is 35.3 Å². The van der Waals surface area contributed by atoms with Crippen molar-refractivity contribution in [2.75, 3.05) is 6.61 Å². The average Bonchev–Trinajstić information content (AvgIpc) is 3.26. The first-order valence-corrected chi connectivity index (χ1v) is 9.20. The van der Waals surface area contributed by atoms with Crippen LogP contribution < -0.4 is 0 Å². The van der Waals surface area contributed by atoms with E-state index in [2.05, 4.69) is 11.7 Å². The maximum atomic E-state index is 13.1. The molecule has 2 aromatic rings. The Balaban J connectivity index is 1.70. The van der Waals surface area contributed by atoms with E-state index in [1.807, 2.05) is 12.1 Å². The van der Waals surface area contributed by atoms with Crippen LogP contribution in [0.1, 0.15) is 43.2 Å². The smallest absolute Gasteiger partial charge is 0.378 e. The second-order valence-electron chi connectivity index (χ2n) is 6.35. The number of allylic oxidation sites excluding steroid dienone is 1. The standard InChI is InChI=1S/C18H21F3N2OS/c1-12(2)23-17(18(19,20)21)11-15(22-23)16-9-8-14(25-16)7-3-5-13-6-4-10-24-13/h8-9,11,13H,1,3-7,10H2,2H3/t13-/m0/s1. The Hall–Kier alpha value is -1.60. The number of hydrogen-bond donors (Lipinski definition) is 0. The molecule has 0 N–H and O–H groups in total. The SMILES string of the molecule is C=C(C)n1nc(-c2ccc(CCC[C@H]3CCCO3)s2)cc1C(F)(F)F. The van der Waals surface area contributed by atoms with Crippen LogP contribution in [-0.4, -0.2) is 22.5 Å². The minimum Gasteiger partial charge on any atom is -0.378 e. The first-order chi connectivity index (χ1) is 11.8. The predicted octanol–water partition coefficient (Wildman–Crippen LogP) is 5.62. The van der Waals surface area contributed by atoms with Crippen molar-refractivity contribution in [2.24, 2.45) is 0 Å². The molecule has 1 aliphatic rings. The van der Waals surface area contributed by atoms with E-state index in [0.717, 1.165) is 59.2 Å². The summed E-state index contributed by atoms with van der Waals surface area (Å²) in [4.78, 5) is 1.91. The van der Waals surface area contributed by atoms with E-state index >= 15 is 0 Å². The minimum atomic E-state index is -4.45. The number of ether oxygens (including phenoxy) is 1. The van der Waals surface area contributed by atoms with Crippen molar-refractivity contribution in [2.45, 2.75) is 51.3 Å². The molecule has 136 valence electrons. The van der Waals surface area contributed by atoms with Crippen LogP contribution in [-0.2, 0) is 17.3 Å². The van der Waals surface area contributed by atoms with Crippen molar-refractivity contribution >= 4 is 17.0 Å². The quantitative estimate of drug-likeness (QED) is 0.660. The van der Waals surface area contributed by atoms with Gasteiger partial charge in [0, 0.05) is 17.2 Å². The molecule has 3 heterocycles. The molecule has 0 aromatic carbocycles. The fraction of sp³-hybridized carbons (Fsp3) is 0.500. The molecule has 0 unspecified atom stereocenters. The van der Waals surface area contributed by atoms with Gasteiger partial charge < -0.3 is 4.74 Å². The predicted molar refractivity (Wildman–Crippen MR) is 93.5 cm³/mol. The van der Waals surface area contributed by atoms with Gasteiger partial charge in [-0.15, -0.1) is 11.3 Å². The lowest BCUT2D eigenvalue weighted by molar-refractivity contribution is -0.142. The molecule has 1 aliphatic heterocycles. The normalized spacial score (nSPS) is 18.0. The summed E-state index contributed by atoms with van der Waals surface area (Å²) in [7, 11) is 0. The van der Waals surface area contributed by atoms with E-state index in [4.69, 9.17) is 4.74 Å². The van der Waals surface area contributed by atoms with Gasteiger partial charge in [-0.1, -0.05) is 6.58 Å². The average molecular weight is 370 g/mol. The molecule has 0 spiro atoms. The molecule has 25 heavy (non-hydrogen) atoms. The molecule has 1 atom stereocenters. The molecule has 3 rings (SSSR count). The zero-order valence-corrected chi connectivity index (χ0v) is 14.9. The molecule has 7 heteroatoms. The fourth-order valence-corrected chi connectivity index (χ4v) is 4.03. The third-order valence-corrected chi connectivity index (χ3v) is 5.42. The van der Waals surface area contributed by atoms with Crippen LogP contribution in [0.3, 0.4) is 0 Å². The molecule has 3 nitrogen and oxygen atoms in total. The topological polar surface area (TPSA) is 27.1 Å². The van der Waals surface area contributed by atoms with Gasteiger partial charge in [0.15, 0.2) is 0 Å². The lowest BCUT2D eigenvalue weighted by Crippen LogP contribution is -2.12. The zero-order chi connectivity index (χ0) is 18.0. The summed E-state index contributed by atoms with van der Waals surface area (Å²) in [5, 5.41) is 4.09. The van der Waals surface area contributed by atoms with Crippen LogP contribution in [0.15, 0.2) is 24.8 Å². The number of thiophene rings is 1. The number of nitrogens with zero attached hydrogens (tertiary/aromatic N) is 2. The zero-order valence-electron chi connectivity index (χ0n) is 14.1. The van der Waals surface area contributed by atoms with E-state index in [1.54, 1.807) is 0 Å². The monoisotopic (exact) mass is 370 g/mol. The van der Waals surface area contributed by atoms with Gasteiger partial charge in [-0.2, -0.15) is 18.3 Å². The summed E-state index contributed by atoms with van der Waals surface area (Å²) in [5.74, 6) is 0. The highest BCUT2D eigenvalue weighted by molar-refractivity contribution is 7.15. The van der Waals surface area contributed by atoms with Crippen LogP contribution in [0.4, 0.5) is 13.2 Å². The van der Waals surface area contributed by atoms with E-state index in [9.17, 15) is 13.2 Å². The lowest BCUT2D eigenvalue weighted by Gasteiger charge is -2.08. The van der Waals surface area contributed by atoms with Gasteiger partial charge in [0.1, 0.15) is 11.4 Å². The summed E-state index contributed by atoms with van der Waals surface area (Å²) in [6, 6.07) is 4.91. The van der Waals surface area contributed by atoms with Gasteiger partial charge in [-0.05, 0) is 57.2 Å². The Bertz CT molecular complexity index is 742. The molecular weight excluding hydrogens is 349 g/mol. The summed E-state index contributed by atoms with van der Waals surface area (Å²) < 4.78 is 45.9. The number of hydrogen-bond acceptors (Lipinski definition) is 3. The third-order valence-electron chi connectivity index (χ3n) is 4.25. The van der Waals surface area contributed by atoms with Crippen molar-refractivity contribution in [1.82, 2.24) is 9.78 Å². The van der Waals surface area contributed by atoms with Gasteiger partial charge >= 0.3 is 6.18 Å². The van der Waals surface area contributed by atoms with Crippen molar-refractivity contribution in [3.8, 4) is 10.6 Å². The number of aryl methyl sites for hydroxylation is 1. The van der Waals surface area contributed by atoms with Gasteiger partial charge in [-0.25, -0.2) is 4.68 Å². The van der Waals surface area contributed by atoms with Gasteiger partial charge in [0.05, 0.1) is 11.0 Å². The van der Waals surface area contributed by atoms with Crippen LogP contribution in [0, 0.1) is 0 Å². The second-order valence-corrected chi connectivity index (χ2v) is 7.52. The van der Waals surface area contributed by atoms with Crippen LogP contribution in [0.2, 0.25) is 0 Å². The van der Waals surface area contributed by atoms with Crippen LogP contribution in [0.25, 0.3) is 16.3 Å². The van der Waals surface area contributed by atoms with Crippen molar-refractivity contribution in [3.63, 3.8) is 0 Å². The second kappa shape index (κ2) is 7.33. The molecule has 0 radical (unpaired) electrons. The summed E-state index contributed by atoms with van der Waals surface area (Å²) in [6.45, 7) is 5.95. The lowest BCUT2D eigenvalue weighted by atomic mass is 10.1. The Morgan fingerprint density at radius 3 is 2.84 bits per heavy atom.